The van der Waals surface area contributed by atoms with Crippen molar-refractivity contribution >= 4 is 5.88 Å². The van der Waals surface area contributed by atoms with E-state index in [1.54, 1.807) is 25.1 Å². The summed E-state index contributed by atoms with van der Waals surface area (Å²) < 4.78 is 19.1. The maximum Gasteiger partial charge on any atom is 0.230 e. The fraction of sp³-hybridized carbons (Fsp3) is 0.133. The van der Waals surface area contributed by atoms with E-state index in [1.807, 2.05) is 13.0 Å². The number of aryl methyl sites for hydroxylation is 2. The molecule has 0 radical (unpaired) electrons. The predicted octanol–water partition coefficient (Wildman–Crippen LogP) is 3.14. The number of anilines is 1. The smallest absolute Gasteiger partial charge is 0.230 e. The average molecular weight is 284 g/mol. The van der Waals surface area contributed by atoms with Crippen molar-refractivity contribution in [3.63, 3.8) is 0 Å². The molecule has 0 aliphatic rings. The van der Waals surface area contributed by atoms with Gasteiger partial charge in [0.2, 0.25) is 5.88 Å². The molecule has 2 aromatic heterocycles. The molecule has 0 saturated carbocycles. The Kier molecular flexibility index (Phi) is 3.13. The number of hydrogen-bond acceptors (Lipinski definition) is 5. The van der Waals surface area contributed by atoms with Gasteiger partial charge >= 0.3 is 0 Å². The van der Waals surface area contributed by atoms with Crippen LogP contribution in [0.5, 0.6) is 0 Å². The largest absolute Gasteiger partial charge is 0.367 e. The van der Waals surface area contributed by atoms with Crippen molar-refractivity contribution in [2.75, 3.05) is 5.73 Å². The van der Waals surface area contributed by atoms with E-state index in [-0.39, 0.29) is 11.7 Å². The van der Waals surface area contributed by atoms with Crippen LogP contribution in [-0.4, -0.2) is 15.4 Å². The molecule has 0 unspecified atom stereocenters. The van der Waals surface area contributed by atoms with Gasteiger partial charge in [0, 0.05) is 11.1 Å². The molecule has 2 N–H and O–H groups in total. The summed E-state index contributed by atoms with van der Waals surface area (Å²) in [5.74, 6) is -0.311. The molecular weight excluding hydrogens is 271 g/mol. The second-order valence-electron chi connectivity index (χ2n) is 4.74. The third-order valence-corrected chi connectivity index (χ3v) is 3.22. The minimum atomic E-state index is -0.384. The van der Waals surface area contributed by atoms with Crippen molar-refractivity contribution in [3.05, 3.63) is 47.5 Å². The molecule has 106 valence electrons. The van der Waals surface area contributed by atoms with Crippen LogP contribution in [-0.2, 0) is 0 Å². The summed E-state index contributed by atoms with van der Waals surface area (Å²) in [6.07, 6.45) is 0. The number of benzene rings is 1. The first-order valence-electron chi connectivity index (χ1n) is 6.39. The number of nitrogens with zero attached hydrogens (tertiary/aromatic N) is 3. The lowest BCUT2D eigenvalue weighted by Crippen LogP contribution is -1.96. The summed E-state index contributed by atoms with van der Waals surface area (Å²) in [4.78, 5) is 0. The zero-order valence-electron chi connectivity index (χ0n) is 11.6. The van der Waals surface area contributed by atoms with Crippen molar-refractivity contribution in [1.29, 1.82) is 0 Å². The van der Waals surface area contributed by atoms with E-state index in [2.05, 4.69) is 15.4 Å². The Morgan fingerprint density at radius 3 is 2.62 bits per heavy atom. The van der Waals surface area contributed by atoms with Crippen LogP contribution >= 0.6 is 0 Å². The number of aromatic nitrogens is 3. The van der Waals surface area contributed by atoms with Gasteiger partial charge in [0.15, 0.2) is 0 Å². The van der Waals surface area contributed by atoms with Crippen molar-refractivity contribution in [2.24, 2.45) is 0 Å². The van der Waals surface area contributed by atoms with Crippen LogP contribution in [0.25, 0.3) is 22.4 Å². The molecule has 3 aromatic rings. The van der Waals surface area contributed by atoms with Gasteiger partial charge in [-0.2, -0.15) is 10.2 Å². The highest BCUT2D eigenvalue weighted by molar-refractivity contribution is 5.87. The summed E-state index contributed by atoms with van der Waals surface area (Å²) in [6.45, 7) is 3.62. The fourth-order valence-corrected chi connectivity index (χ4v) is 2.20. The van der Waals surface area contributed by atoms with Crippen molar-refractivity contribution in [3.8, 4) is 22.4 Å². The lowest BCUT2D eigenvalue weighted by molar-refractivity contribution is 0.439. The van der Waals surface area contributed by atoms with E-state index >= 15 is 0 Å². The van der Waals surface area contributed by atoms with Crippen LogP contribution in [0.3, 0.4) is 0 Å². The third-order valence-electron chi connectivity index (χ3n) is 3.22. The van der Waals surface area contributed by atoms with E-state index in [0.717, 1.165) is 11.3 Å². The summed E-state index contributed by atoms with van der Waals surface area (Å²) in [5, 5.41) is 12.0. The Morgan fingerprint density at radius 1 is 1.10 bits per heavy atom. The molecule has 5 nitrogen and oxygen atoms in total. The first-order chi connectivity index (χ1) is 10.1. The molecule has 0 fully saturated rings. The predicted molar refractivity (Wildman–Crippen MR) is 76.8 cm³/mol. The number of hydrogen-bond donors (Lipinski definition) is 1. The maximum absolute atomic E-state index is 14.1. The highest BCUT2D eigenvalue weighted by atomic mass is 19.1. The second kappa shape index (κ2) is 4.97. The molecule has 2 heterocycles. The van der Waals surface area contributed by atoms with E-state index in [1.165, 1.54) is 6.07 Å². The summed E-state index contributed by atoms with van der Waals surface area (Å²) in [7, 11) is 0. The monoisotopic (exact) mass is 284 g/mol. The molecule has 0 saturated heterocycles. The Morgan fingerprint density at radius 2 is 1.86 bits per heavy atom. The summed E-state index contributed by atoms with van der Waals surface area (Å²) >= 11 is 0. The molecule has 0 aliphatic carbocycles. The molecule has 0 amide bonds. The first kappa shape index (κ1) is 13.2. The fourth-order valence-electron chi connectivity index (χ4n) is 2.20. The van der Waals surface area contributed by atoms with E-state index in [9.17, 15) is 4.39 Å². The highest BCUT2D eigenvalue weighted by Crippen LogP contribution is 2.38. The van der Waals surface area contributed by atoms with Crippen LogP contribution in [0.4, 0.5) is 10.3 Å². The van der Waals surface area contributed by atoms with Gasteiger partial charge in [-0.3, -0.25) is 0 Å². The Balaban J connectivity index is 2.27. The zero-order chi connectivity index (χ0) is 15.0. The van der Waals surface area contributed by atoms with Gasteiger partial charge in [-0.05, 0) is 26.0 Å². The van der Waals surface area contributed by atoms with E-state index in [0.29, 0.717) is 22.5 Å². The Labute approximate surface area is 120 Å². The number of nitrogen functional groups attached to an aromatic ring is 1. The van der Waals surface area contributed by atoms with Crippen LogP contribution in [0.1, 0.15) is 11.4 Å². The molecule has 0 aliphatic heterocycles. The number of rotatable bonds is 2. The van der Waals surface area contributed by atoms with Crippen LogP contribution < -0.4 is 5.73 Å². The highest BCUT2D eigenvalue weighted by Gasteiger charge is 2.21. The van der Waals surface area contributed by atoms with Gasteiger partial charge in [-0.25, -0.2) is 4.39 Å². The summed E-state index contributed by atoms with van der Waals surface area (Å²) in [6, 6.07) is 8.18. The minimum Gasteiger partial charge on any atom is -0.367 e. The quantitative estimate of drug-likeness (QED) is 0.782. The van der Waals surface area contributed by atoms with Crippen LogP contribution in [0.2, 0.25) is 0 Å². The standard InChI is InChI=1S/C15H13FN4O/c1-8-7-11(9(2)19-18-8)14-13(15(17)21-20-14)10-5-3-4-6-12(10)16/h3-7H,17H2,1-2H3. The molecule has 0 atom stereocenters. The molecule has 3 rings (SSSR count). The Bertz CT molecular complexity index is 813. The lowest BCUT2D eigenvalue weighted by Gasteiger charge is -2.06. The number of nitrogens with two attached hydrogens (primary N) is 1. The minimum absolute atomic E-state index is 0.0731. The van der Waals surface area contributed by atoms with E-state index in [4.69, 9.17) is 10.3 Å². The third kappa shape index (κ3) is 2.24. The van der Waals surface area contributed by atoms with Crippen LogP contribution in [0.15, 0.2) is 34.9 Å². The Hall–Kier alpha value is -2.76. The van der Waals surface area contributed by atoms with Gasteiger partial charge in [0.05, 0.1) is 17.0 Å². The average Bonchev–Trinajstić information content (AvgIpc) is 2.84. The number of halogens is 1. The molecular formula is C15H13FN4O. The molecule has 6 heteroatoms. The van der Waals surface area contributed by atoms with Crippen molar-refractivity contribution < 1.29 is 8.91 Å². The van der Waals surface area contributed by atoms with Gasteiger partial charge in [0.1, 0.15) is 11.5 Å². The first-order valence-corrected chi connectivity index (χ1v) is 6.39. The summed E-state index contributed by atoms with van der Waals surface area (Å²) in [5.41, 5.74) is 9.21. The van der Waals surface area contributed by atoms with Gasteiger partial charge in [-0.1, -0.05) is 23.4 Å². The molecule has 0 spiro atoms. The van der Waals surface area contributed by atoms with E-state index < -0.39 is 0 Å². The second-order valence-corrected chi connectivity index (χ2v) is 4.74. The molecule has 1 aromatic carbocycles. The normalized spacial score (nSPS) is 10.8. The van der Waals surface area contributed by atoms with Gasteiger partial charge in [-0.15, -0.1) is 0 Å². The maximum atomic E-state index is 14.1. The van der Waals surface area contributed by atoms with Crippen molar-refractivity contribution in [1.82, 2.24) is 15.4 Å². The molecule has 0 bridgehead atoms. The van der Waals surface area contributed by atoms with Crippen molar-refractivity contribution in [2.45, 2.75) is 13.8 Å². The SMILES string of the molecule is Cc1cc(-c2noc(N)c2-c2ccccc2F)c(C)nn1. The van der Waals surface area contributed by atoms with Crippen LogP contribution in [0, 0.1) is 19.7 Å². The zero-order valence-corrected chi connectivity index (χ0v) is 11.6. The molecule has 21 heavy (non-hydrogen) atoms. The topological polar surface area (TPSA) is 77.8 Å². The van der Waals surface area contributed by atoms with Gasteiger partial charge in [0.25, 0.3) is 0 Å². The van der Waals surface area contributed by atoms with Gasteiger partial charge < -0.3 is 10.3 Å². The lowest BCUT2D eigenvalue weighted by atomic mass is 10.00.